The summed E-state index contributed by atoms with van der Waals surface area (Å²) in [5.74, 6) is 0. The first-order chi connectivity index (χ1) is 6.11. The maximum atomic E-state index is 11.7. The van der Waals surface area contributed by atoms with Gasteiger partial charge in [-0.2, -0.15) is 17.0 Å². The standard InChI is InChI=1S/C8H20N2O3S/c1-6-10(7-8(2,3)11)14(12,13)9(4)5/h11H,6-7H2,1-5H3. The van der Waals surface area contributed by atoms with E-state index in [9.17, 15) is 13.5 Å². The van der Waals surface area contributed by atoms with Crippen LogP contribution in [-0.2, 0) is 10.2 Å². The molecule has 0 atom stereocenters. The van der Waals surface area contributed by atoms with Crippen molar-refractivity contribution in [1.82, 2.24) is 8.61 Å². The van der Waals surface area contributed by atoms with Crippen molar-refractivity contribution in [2.75, 3.05) is 27.2 Å². The molecule has 0 aliphatic carbocycles. The van der Waals surface area contributed by atoms with Crippen molar-refractivity contribution in [3.8, 4) is 0 Å². The maximum absolute atomic E-state index is 11.7. The van der Waals surface area contributed by atoms with Gasteiger partial charge in [-0.15, -0.1) is 0 Å². The third-order valence-electron chi connectivity index (χ3n) is 1.70. The molecule has 0 aromatic rings. The molecule has 0 aliphatic rings. The Bertz CT molecular complexity index is 267. The average Bonchev–Trinajstić information content (AvgIpc) is 1.97. The van der Waals surface area contributed by atoms with E-state index in [1.54, 1.807) is 20.8 Å². The highest BCUT2D eigenvalue weighted by Gasteiger charge is 2.28. The van der Waals surface area contributed by atoms with Gasteiger partial charge in [-0.1, -0.05) is 6.92 Å². The van der Waals surface area contributed by atoms with Crippen molar-refractivity contribution < 1.29 is 13.5 Å². The van der Waals surface area contributed by atoms with Crippen LogP contribution in [-0.4, -0.2) is 54.9 Å². The van der Waals surface area contributed by atoms with Crippen LogP contribution in [0, 0.1) is 0 Å². The molecular weight excluding hydrogens is 204 g/mol. The topological polar surface area (TPSA) is 60.9 Å². The zero-order valence-corrected chi connectivity index (χ0v) is 10.3. The Labute approximate surface area is 86.5 Å². The lowest BCUT2D eigenvalue weighted by atomic mass is 10.1. The molecule has 86 valence electrons. The SMILES string of the molecule is CCN(CC(C)(C)O)S(=O)(=O)N(C)C. The Morgan fingerprint density at radius 3 is 1.93 bits per heavy atom. The summed E-state index contributed by atoms with van der Waals surface area (Å²) < 4.78 is 25.7. The highest BCUT2D eigenvalue weighted by atomic mass is 32.2. The lowest BCUT2D eigenvalue weighted by Crippen LogP contribution is -2.46. The molecule has 0 rings (SSSR count). The Morgan fingerprint density at radius 1 is 1.29 bits per heavy atom. The molecule has 0 unspecified atom stereocenters. The Kier molecular flexibility index (Phi) is 4.51. The van der Waals surface area contributed by atoms with Gasteiger partial charge in [-0.05, 0) is 13.8 Å². The molecule has 0 aromatic carbocycles. The summed E-state index contributed by atoms with van der Waals surface area (Å²) in [6.07, 6.45) is 0. The van der Waals surface area contributed by atoms with Crippen molar-refractivity contribution in [2.24, 2.45) is 0 Å². The van der Waals surface area contributed by atoms with Gasteiger partial charge in [0.25, 0.3) is 10.2 Å². The first-order valence-corrected chi connectivity index (χ1v) is 5.91. The quantitative estimate of drug-likeness (QED) is 0.708. The summed E-state index contributed by atoms with van der Waals surface area (Å²) in [6, 6.07) is 0. The van der Waals surface area contributed by atoms with Crippen LogP contribution in [0.3, 0.4) is 0 Å². The summed E-state index contributed by atoms with van der Waals surface area (Å²) in [5, 5.41) is 9.54. The molecule has 0 radical (unpaired) electrons. The second-order valence-electron chi connectivity index (χ2n) is 4.03. The molecule has 0 aliphatic heterocycles. The van der Waals surface area contributed by atoms with Gasteiger partial charge in [0.2, 0.25) is 0 Å². The smallest absolute Gasteiger partial charge is 0.281 e. The summed E-state index contributed by atoms with van der Waals surface area (Å²) in [5.41, 5.74) is -1.01. The van der Waals surface area contributed by atoms with Gasteiger partial charge in [-0.3, -0.25) is 0 Å². The van der Waals surface area contributed by atoms with E-state index in [4.69, 9.17) is 0 Å². The highest BCUT2D eigenvalue weighted by Crippen LogP contribution is 2.10. The van der Waals surface area contributed by atoms with Gasteiger partial charge in [0, 0.05) is 27.2 Å². The van der Waals surface area contributed by atoms with E-state index in [1.165, 1.54) is 18.4 Å². The zero-order chi connectivity index (χ0) is 11.6. The number of hydrogen-bond donors (Lipinski definition) is 1. The van der Waals surface area contributed by atoms with Crippen LogP contribution >= 0.6 is 0 Å². The first kappa shape index (κ1) is 13.8. The molecular formula is C8H20N2O3S. The Hall–Kier alpha value is -0.170. The largest absolute Gasteiger partial charge is 0.389 e. The fraction of sp³-hybridized carbons (Fsp3) is 1.00. The minimum Gasteiger partial charge on any atom is -0.389 e. The van der Waals surface area contributed by atoms with E-state index in [2.05, 4.69) is 0 Å². The zero-order valence-electron chi connectivity index (χ0n) is 9.48. The predicted octanol–water partition coefficient (Wildman–Crippen LogP) is -0.114. The molecule has 5 nitrogen and oxygen atoms in total. The van der Waals surface area contributed by atoms with Crippen molar-refractivity contribution in [3.05, 3.63) is 0 Å². The van der Waals surface area contributed by atoms with Crippen LogP contribution in [0.2, 0.25) is 0 Å². The van der Waals surface area contributed by atoms with Crippen LogP contribution in [0.15, 0.2) is 0 Å². The molecule has 0 heterocycles. The Balaban J connectivity index is 4.75. The highest BCUT2D eigenvalue weighted by molar-refractivity contribution is 7.86. The fourth-order valence-electron chi connectivity index (χ4n) is 1.02. The van der Waals surface area contributed by atoms with Gasteiger partial charge in [0.15, 0.2) is 0 Å². The third kappa shape index (κ3) is 3.91. The number of nitrogens with zero attached hydrogens (tertiary/aromatic N) is 2. The Morgan fingerprint density at radius 2 is 1.71 bits per heavy atom. The van der Waals surface area contributed by atoms with Crippen LogP contribution in [0.25, 0.3) is 0 Å². The minimum atomic E-state index is -3.42. The molecule has 0 bridgehead atoms. The van der Waals surface area contributed by atoms with Gasteiger partial charge in [-0.25, -0.2) is 0 Å². The van der Waals surface area contributed by atoms with E-state index in [-0.39, 0.29) is 6.54 Å². The van der Waals surface area contributed by atoms with E-state index in [0.29, 0.717) is 6.54 Å². The molecule has 1 N–H and O–H groups in total. The van der Waals surface area contributed by atoms with E-state index >= 15 is 0 Å². The summed E-state index contributed by atoms with van der Waals surface area (Å²) >= 11 is 0. The second kappa shape index (κ2) is 4.57. The number of hydrogen-bond acceptors (Lipinski definition) is 3. The molecule has 0 saturated carbocycles. The minimum absolute atomic E-state index is 0.101. The molecule has 14 heavy (non-hydrogen) atoms. The normalized spacial score (nSPS) is 14.0. The number of aliphatic hydroxyl groups is 1. The van der Waals surface area contributed by atoms with E-state index < -0.39 is 15.8 Å². The van der Waals surface area contributed by atoms with Gasteiger partial charge >= 0.3 is 0 Å². The van der Waals surface area contributed by atoms with Crippen LogP contribution < -0.4 is 0 Å². The average molecular weight is 224 g/mol. The summed E-state index contributed by atoms with van der Waals surface area (Å²) in [6.45, 7) is 5.36. The number of likely N-dealkylation sites (N-methyl/N-ethyl adjacent to an activating group) is 1. The fourth-order valence-corrected chi connectivity index (χ4v) is 2.29. The van der Waals surface area contributed by atoms with Gasteiger partial charge < -0.3 is 5.11 Å². The van der Waals surface area contributed by atoms with Crippen molar-refractivity contribution >= 4 is 10.2 Å². The first-order valence-electron chi connectivity index (χ1n) is 4.51. The molecule has 0 amide bonds. The van der Waals surface area contributed by atoms with Crippen molar-refractivity contribution in [1.29, 1.82) is 0 Å². The van der Waals surface area contributed by atoms with Gasteiger partial charge in [0.05, 0.1) is 5.60 Å². The monoisotopic (exact) mass is 224 g/mol. The van der Waals surface area contributed by atoms with E-state index in [1.807, 2.05) is 0 Å². The van der Waals surface area contributed by atoms with Crippen LogP contribution in [0.5, 0.6) is 0 Å². The lowest BCUT2D eigenvalue weighted by molar-refractivity contribution is 0.0590. The second-order valence-corrected chi connectivity index (χ2v) is 6.17. The van der Waals surface area contributed by atoms with Crippen LogP contribution in [0.1, 0.15) is 20.8 Å². The lowest BCUT2D eigenvalue weighted by Gasteiger charge is -2.29. The van der Waals surface area contributed by atoms with Gasteiger partial charge in [0.1, 0.15) is 0 Å². The van der Waals surface area contributed by atoms with Crippen LogP contribution in [0.4, 0.5) is 0 Å². The molecule has 6 heteroatoms. The summed E-state index contributed by atoms with van der Waals surface area (Å²) in [7, 11) is -0.466. The van der Waals surface area contributed by atoms with Crippen molar-refractivity contribution in [2.45, 2.75) is 26.4 Å². The maximum Gasteiger partial charge on any atom is 0.281 e. The number of rotatable bonds is 5. The third-order valence-corrected chi connectivity index (χ3v) is 3.67. The molecule has 0 aromatic heterocycles. The molecule has 0 fully saturated rings. The van der Waals surface area contributed by atoms with E-state index in [0.717, 1.165) is 4.31 Å². The molecule has 0 saturated heterocycles. The predicted molar refractivity (Wildman–Crippen MR) is 56.2 cm³/mol. The molecule has 0 spiro atoms. The summed E-state index contributed by atoms with van der Waals surface area (Å²) in [4.78, 5) is 0. The van der Waals surface area contributed by atoms with Crippen molar-refractivity contribution in [3.63, 3.8) is 0 Å².